The summed E-state index contributed by atoms with van der Waals surface area (Å²) in [5.74, 6) is -0.213. The van der Waals surface area contributed by atoms with Crippen LogP contribution in [0.25, 0.3) is 0 Å². The molecule has 5 nitrogen and oxygen atoms in total. The Morgan fingerprint density at radius 2 is 2.06 bits per heavy atom. The van der Waals surface area contributed by atoms with Crippen molar-refractivity contribution >= 4 is 12.0 Å². The number of hydrogen-bond acceptors (Lipinski definition) is 2. The maximum absolute atomic E-state index is 11.7. The van der Waals surface area contributed by atoms with Crippen LogP contribution in [0.5, 0.6) is 0 Å². The molecule has 1 aliphatic carbocycles. The molecule has 0 spiro atoms. The minimum Gasteiger partial charge on any atom is -0.481 e. The van der Waals surface area contributed by atoms with Crippen LogP contribution < -0.4 is 10.6 Å². The molecule has 5 heteroatoms. The minimum absolute atomic E-state index is 0.160. The van der Waals surface area contributed by atoms with Gasteiger partial charge in [-0.3, -0.25) is 4.79 Å². The van der Waals surface area contributed by atoms with E-state index < -0.39 is 11.4 Å². The number of carbonyl (C=O) groups excluding carboxylic acids is 1. The molecule has 0 heterocycles. The SMILES string of the molecule is CCC(C)(CNC(=O)NC1CCC(C)C1)C(=O)O. The van der Waals surface area contributed by atoms with Gasteiger partial charge in [-0.2, -0.15) is 0 Å². The van der Waals surface area contributed by atoms with E-state index in [0.29, 0.717) is 12.3 Å². The fraction of sp³-hybridized carbons (Fsp3) is 0.846. The van der Waals surface area contributed by atoms with E-state index in [1.54, 1.807) is 6.92 Å². The van der Waals surface area contributed by atoms with Crippen molar-refractivity contribution in [2.75, 3.05) is 6.54 Å². The van der Waals surface area contributed by atoms with Gasteiger partial charge in [-0.25, -0.2) is 4.79 Å². The summed E-state index contributed by atoms with van der Waals surface area (Å²) in [6, 6.07) is -0.0206. The molecule has 3 atom stereocenters. The number of hydrogen-bond donors (Lipinski definition) is 3. The summed E-state index contributed by atoms with van der Waals surface area (Å²) in [6.07, 6.45) is 3.66. The normalized spacial score (nSPS) is 26.4. The van der Waals surface area contributed by atoms with Gasteiger partial charge in [0.25, 0.3) is 0 Å². The summed E-state index contributed by atoms with van der Waals surface area (Å²) in [5, 5.41) is 14.7. The molecule has 1 aliphatic rings. The van der Waals surface area contributed by atoms with Crippen LogP contribution in [-0.2, 0) is 4.79 Å². The lowest BCUT2D eigenvalue weighted by Crippen LogP contribution is -2.47. The van der Waals surface area contributed by atoms with Crippen LogP contribution in [0.4, 0.5) is 4.79 Å². The number of urea groups is 1. The molecule has 1 rings (SSSR count). The predicted molar refractivity (Wildman–Crippen MR) is 69.4 cm³/mol. The van der Waals surface area contributed by atoms with Crippen LogP contribution in [0.2, 0.25) is 0 Å². The van der Waals surface area contributed by atoms with Crippen LogP contribution in [0.15, 0.2) is 0 Å². The first-order chi connectivity index (χ1) is 8.37. The highest BCUT2D eigenvalue weighted by Crippen LogP contribution is 2.24. The molecule has 0 aliphatic heterocycles. The summed E-state index contributed by atoms with van der Waals surface area (Å²) in [5.41, 5.74) is -0.889. The maximum Gasteiger partial charge on any atom is 0.315 e. The number of carbonyl (C=O) groups is 2. The average Bonchev–Trinajstić information content (AvgIpc) is 2.71. The summed E-state index contributed by atoms with van der Waals surface area (Å²) < 4.78 is 0. The van der Waals surface area contributed by atoms with Gasteiger partial charge < -0.3 is 15.7 Å². The average molecular weight is 256 g/mol. The quantitative estimate of drug-likeness (QED) is 0.703. The molecule has 3 N–H and O–H groups in total. The van der Waals surface area contributed by atoms with E-state index in [9.17, 15) is 9.59 Å². The van der Waals surface area contributed by atoms with Crippen LogP contribution in [-0.4, -0.2) is 29.7 Å². The molecule has 1 fully saturated rings. The standard InChI is InChI=1S/C13H24N2O3/c1-4-13(3,11(16)17)8-14-12(18)15-10-6-5-9(2)7-10/h9-10H,4-8H2,1-3H3,(H,16,17)(H2,14,15,18). The van der Waals surface area contributed by atoms with E-state index >= 15 is 0 Å². The molecule has 0 radical (unpaired) electrons. The van der Waals surface area contributed by atoms with Gasteiger partial charge in [0, 0.05) is 12.6 Å². The molecule has 18 heavy (non-hydrogen) atoms. The van der Waals surface area contributed by atoms with E-state index in [4.69, 9.17) is 5.11 Å². The Morgan fingerprint density at radius 1 is 1.39 bits per heavy atom. The number of amides is 2. The summed E-state index contributed by atoms with van der Waals surface area (Å²) in [6.45, 7) is 5.80. The zero-order chi connectivity index (χ0) is 13.8. The molecule has 0 saturated heterocycles. The van der Waals surface area contributed by atoms with E-state index in [2.05, 4.69) is 17.6 Å². The minimum atomic E-state index is -0.889. The second-order valence-corrected chi connectivity index (χ2v) is 5.66. The second kappa shape index (κ2) is 6.07. The van der Waals surface area contributed by atoms with Gasteiger partial charge in [-0.1, -0.05) is 13.8 Å². The molecule has 104 valence electrons. The molecule has 0 aromatic carbocycles. The van der Waals surface area contributed by atoms with Gasteiger partial charge in [-0.15, -0.1) is 0 Å². The van der Waals surface area contributed by atoms with E-state index in [0.717, 1.165) is 19.3 Å². The Balaban J connectivity index is 2.34. The third kappa shape index (κ3) is 3.89. The monoisotopic (exact) mass is 256 g/mol. The van der Waals surface area contributed by atoms with E-state index in [1.165, 1.54) is 0 Å². The number of nitrogens with one attached hydrogen (secondary N) is 2. The topological polar surface area (TPSA) is 78.4 Å². The summed E-state index contributed by atoms with van der Waals surface area (Å²) in [7, 11) is 0. The first-order valence-electron chi connectivity index (χ1n) is 6.65. The van der Waals surface area contributed by atoms with Gasteiger partial charge >= 0.3 is 12.0 Å². The highest BCUT2D eigenvalue weighted by molar-refractivity contribution is 5.77. The predicted octanol–water partition coefficient (Wildman–Crippen LogP) is 1.98. The van der Waals surface area contributed by atoms with Crippen molar-refractivity contribution in [3.63, 3.8) is 0 Å². The van der Waals surface area contributed by atoms with Gasteiger partial charge in [0.2, 0.25) is 0 Å². The van der Waals surface area contributed by atoms with Crippen LogP contribution >= 0.6 is 0 Å². The zero-order valence-electron chi connectivity index (χ0n) is 11.5. The molecular weight excluding hydrogens is 232 g/mol. The van der Waals surface area contributed by atoms with Gasteiger partial charge in [-0.05, 0) is 38.5 Å². The summed E-state index contributed by atoms with van der Waals surface area (Å²) in [4.78, 5) is 22.8. The Bertz CT molecular complexity index is 319. The highest BCUT2D eigenvalue weighted by Gasteiger charge is 2.32. The van der Waals surface area contributed by atoms with Crippen molar-refractivity contribution in [1.82, 2.24) is 10.6 Å². The number of carboxylic acid groups (broad SMARTS) is 1. The lowest BCUT2D eigenvalue weighted by molar-refractivity contribution is -0.147. The molecule has 3 unspecified atom stereocenters. The first-order valence-corrected chi connectivity index (χ1v) is 6.65. The fourth-order valence-corrected chi connectivity index (χ4v) is 2.20. The molecule has 0 aromatic heterocycles. The highest BCUT2D eigenvalue weighted by atomic mass is 16.4. The lowest BCUT2D eigenvalue weighted by Gasteiger charge is -2.24. The Hall–Kier alpha value is -1.26. The van der Waals surface area contributed by atoms with Crippen LogP contribution in [0.1, 0.15) is 46.5 Å². The Labute approximate surface area is 108 Å². The van der Waals surface area contributed by atoms with Crippen molar-refractivity contribution in [2.24, 2.45) is 11.3 Å². The lowest BCUT2D eigenvalue weighted by atomic mass is 9.88. The molecule has 1 saturated carbocycles. The molecular formula is C13H24N2O3. The van der Waals surface area contributed by atoms with Gasteiger partial charge in [0.15, 0.2) is 0 Å². The van der Waals surface area contributed by atoms with Crippen molar-refractivity contribution in [3.05, 3.63) is 0 Å². The Kier molecular flexibility index (Phi) is 4.99. The second-order valence-electron chi connectivity index (χ2n) is 5.66. The summed E-state index contributed by atoms with van der Waals surface area (Å²) >= 11 is 0. The molecule has 0 aromatic rings. The van der Waals surface area contributed by atoms with Gasteiger partial charge in [0.05, 0.1) is 5.41 Å². The van der Waals surface area contributed by atoms with Crippen molar-refractivity contribution < 1.29 is 14.7 Å². The number of carboxylic acids is 1. The van der Waals surface area contributed by atoms with Crippen molar-refractivity contribution in [2.45, 2.75) is 52.5 Å². The van der Waals surface area contributed by atoms with E-state index in [1.807, 2.05) is 6.92 Å². The van der Waals surface area contributed by atoms with Crippen LogP contribution in [0, 0.1) is 11.3 Å². The largest absolute Gasteiger partial charge is 0.481 e. The number of rotatable bonds is 5. The maximum atomic E-state index is 11.7. The zero-order valence-corrected chi connectivity index (χ0v) is 11.5. The van der Waals surface area contributed by atoms with Crippen LogP contribution in [0.3, 0.4) is 0 Å². The third-order valence-corrected chi connectivity index (χ3v) is 3.97. The fourth-order valence-electron chi connectivity index (χ4n) is 2.20. The van der Waals surface area contributed by atoms with Crippen molar-refractivity contribution in [1.29, 1.82) is 0 Å². The van der Waals surface area contributed by atoms with E-state index in [-0.39, 0.29) is 18.6 Å². The third-order valence-electron chi connectivity index (χ3n) is 3.97. The Morgan fingerprint density at radius 3 is 2.50 bits per heavy atom. The first kappa shape index (κ1) is 14.8. The van der Waals surface area contributed by atoms with Crippen molar-refractivity contribution in [3.8, 4) is 0 Å². The molecule has 2 amide bonds. The smallest absolute Gasteiger partial charge is 0.315 e. The molecule has 0 bridgehead atoms. The van der Waals surface area contributed by atoms with Gasteiger partial charge in [0.1, 0.15) is 0 Å². The number of aliphatic carboxylic acids is 1.